The monoisotopic (exact) mass is 266 g/mol. The van der Waals surface area contributed by atoms with Gasteiger partial charge in [-0.1, -0.05) is 42.5 Å². The zero-order valence-corrected chi connectivity index (χ0v) is 11.0. The Morgan fingerprint density at radius 3 is 2.25 bits per heavy atom. The van der Waals surface area contributed by atoms with Crippen molar-refractivity contribution in [1.82, 2.24) is 0 Å². The van der Waals surface area contributed by atoms with Crippen LogP contribution in [0.15, 0.2) is 54.6 Å². The van der Waals surface area contributed by atoms with Gasteiger partial charge in [0.05, 0.1) is 13.2 Å². The largest absolute Gasteiger partial charge is 0.467 e. The van der Waals surface area contributed by atoms with Crippen molar-refractivity contribution in [1.29, 1.82) is 5.26 Å². The molecule has 0 radical (unpaired) electrons. The number of esters is 1. The molecule has 0 aliphatic carbocycles. The fraction of sp³-hybridized carbons (Fsp3) is 0.125. The second-order valence-electron chi connectivity index (χ2n) is 4.17. The van der Waals surface area contributed by atoms with E-state index in [0.29, 0.717) is 5.69 Å². The lowest BCUT2D eigenvalue weighted by Gasteiger charge is -2.11. The molecule has 20 heavy (non-hydrogen) atoms. The highest BCUT2D eigenvalue weighted by atomic mass is 16.5. The van der Waals surface area contributed by atoms with E-state index in [9.17, 15) is 4.79 Å². The molecule has 0 fully saturated rings. The van der Waals surface area contributed by atoms with E-state index in [4.69, 9.17) is 5.26 Å². The highest BCUT2D eigenvalue weighted by molar-refractivity contribution is 5.82. The van der Waals surface area contributed by atoms with E-state index in [1.54, 1.807) is 0 Å². The maximum Gasteiger partial charge on any atom is 0.343 e. The second-order valence-corrected chi connectivity index (χ2v) is 4.17. The van der Waals surface area contributed by atoms with E-state index < -0.39 is 12.0 Å². The molecule has 1 N–H and O–H groups in total. The molecule has 0 spiro atoms. The number of nitrogens with one attached hydrogen (secondary N) is 1. The molecular formula is C16H14N2O2. The molecule has 4 nitrogen and oxygen atoms in total. The van der Waals surface area contributed by atoms with E-state index in [-0.39, 0.29) is 0 Å². The highest BCUT2D eigenvalue weighted by Crippen LogP contribution is 2.21. The van der Waals surface area contributed by atoms with Crippen LogP contribution in [0.1, 0.15) is 0 Å². The van der Waals surface area contributed by atoms with Crippen LogP contribution in [0.2, 0.25) is 0 Å². The van der Waals surface area contributed by atoms with Gasteiger partial charge in [-0.25, -0.2) is 4.79 Å². The molecular weight excluding hydrogens is 252 g/mol. The molecule has 0 saturated carbocycles. The second kappa shape index (κ2) is 6.39. The Bertz CT molecular complexity index is 615. The highest BCUT2D eigenvalue weighted by Gasteiger charge is 2.17. The molecule has 0 heterocycles. The van der Waals surface area contributed by atoms with E-state index in [0.717, 1.165) is 11.1 Å². The SMILES string of the molecule is COC(=O)C(C#N)Nc1ccc(-c2ccccc2)cc1. The first-order valence-corrected chi connectivity index (χ1v) is 6.14. The average Bonchev–Trinajstić information content (AvgIpc) is 2.53. The average molecular weight is 266 g/mol. The van der Waals surface area contributed by atoms with Gasteiger partial charge in [-0.15, -0.1) is 0 Å². The minimum atomic E-state index is -0.998. The van der Waals surface area contributed by atoms with Crippen molar-refractivity contribution < 1.29 is 9.53 Å². The Balaban J connectivity index is 2.13. The maximum atomic E-state index is 11.3. The summed E-state index contributed by atoms with van der Waals surface area (Å²) >= 11 is 0. The van der Waals surface area contributed by atoms with Crippen LogP contribution in [0.3, 0.4) is 0 Å². The summed E-state index contributed by atoms with van der Waals surface area (Å²) in [6, 6.07) is 18.4. The normalized spacial score (nSPS) is 11.2. The summed E-state index contributed by atoms with van der Waals surface area (Å²) in [6.07, 6.45) is 0. The first kappa shape index (κ1) is 13.6. The van der Waals surface area contributed by atoms with Crippen LogP contribution in [-0.4, -0.2) is 19.1 Å². The van der Waals surface area contributed by atoms with Crippen LogP contribution < -0.4 is 5.32 Å². The summed E-state index contributed by atoms with van der Waals surface area (Å²) in [6.45, 7) is 0. The lowest BCUT2D eigenvalue weighted by Crippen LogP contribution is -2.28. The molecule has 0 bridgehead atoms. The van der Waals surface area contributed by atoms with Crippen molar-refractivity contribution in [3.8, 4) is 17.2 Å². The lowest BCUT2D eigenvalue weighted by atomic mass is 10.1. The Kier molecular flexibility index (Phi) is 4.35. The van der Waals surface area contributed by atoms with Gasteiger partial charge in [-0.2, -0.15) is 5.26 Å². The van der Waals surface area contributed by atoms with Crippen molar-refractivity contribution >= 4 is 11.7 Å². The van der Waals surface area contributed by atoms with E-state index in [1.165, 1.54) is 7.11 Å². The number of hydrogen-bond donors (Lipinski definition) is 1. The number of ether oxygens (including phenoxy) is 1. The standard InChI is InChI=1S/C16H14N2O2/c1-20-16(19)15(11-17)18-14-9-7-13(8-10-14)12-5-3-2-4-6-12/h2-10,15,18H,1H3. The number of benzene rings is 2. The Morgan fingerprint density at radius 2 is 1.70 bits per heavy atom. The van der Waals surface area contributed by atoms with Gasteiger partial charge in [0.1, 0.15) is 0 Å². The van der Waals surface area contributed by atoms with Crippen LogP contribution in [0.25, 0.3) is 11.1 Å². The fourth-order valence-electron chi connectivity index (χ4n) is 1.82. The number of hydrogen-bond acceptors (Lipinski definition) is 4. The summed E-state index contributed by atoms with van der Waals surface area (Å²) in [5, 5.41) is 11.7. The molecule has 2 rings (SSSR count). The minimum Gasteiger partial charge on any atom is -0.467 e. The number of carbonyl (C=O) groups is 1. The summed E-state index contributed by atoms with van der Waals surface area (Å²) in [5.41, 5.74) is 2.88. The Morgan fingerprint density at radius 1 is 1.10 bits per heavy atom. The summed E-state index contributed by atoms with van der Waals surface area (Å²) in [7, 11) is 1.26. The third-order valence-corrected chi connectivity index (χ3v) is 2.87. The van der Waals surface area contributed by atoms with E-state index in [2.05, 4.69) is 10.1 Å². The summed E-state index contributed by atoms with van der Waals surface area (Å²) < 4.78 is 4.54. The van der Waals surface area contributed by atoms with Crippen LogP contribution in [0, 0.1) is 11.3 Å². The number of carbonyl (C=O) groups excluding carboxylic acids is 1. The molecule has 0 amide bonds. The number of nitrogens with zero attached hydrogens (tertiary/aromatic N) is 1. The molecule has 2 aromatic rings. The van der Waals surface area contributed by atoms with Gasteiger partial charge in [0.15, 0.2) is 0 Å². The zero-order valence-electron chi connectivity index (χ0n) is 11.0. The van der Waals surface area contributed by atoms with Crippen LogP contribution >= 0.6 is 0 Å². The van der Waals surface area contributed by atoms with Crippen LogP contribution in [0.4, 0.5) is 5.69 Å². The molecule has 1 atom stereocenters. The summed E-state index contributed by atoms with van der Waals surface area (Å²) in [5.74, 6) is -0.598. The van der Waals surface area contributed by atoms with E-state index >= 15 is 0 Å². The van der Waals surface area contributed by atoms with Crippen molar-refractivity contribution in [2.45, 2.75) is 6.04 Å². The van der Waals surface area contributed by atoms with Crippen molar-refractivity contribution in [3.05, 3.63) is 54.6 Å². The van der Waals surface area contributed by atoms with Gasteiger partial charge >= 0.3 is 5.97 Å². The first-order valence-electron chi connectivity index (χ1n) is 6.14. The van der Waals surface area contributed by atoms with Gasteiger partial charge in [0.25, 0.3) is 0 Å². The van der Waals surface area contributed by atoms with Crippen molar-refractivity contribution in [2.75, 3.05) is 12.4 Å². The van der Waals surface area contributed by atoms with Crippen LogP contribution in [0.5, 0.6) is 0 Å². The van der Waals surface area contributed by atoms with Gasteiger partial charge in [0.2, 0.25) is 6.04 Å². The molecule has 4 heteroatoms. The smallest absolute Gasteiger partial charge is 0.343 e. The van der Waals surface area contributed by atoms with Crippen LogP contribution in [-0.2, 0) is 9.53 Å². The third-order valence-electron chi connectivity index (χ3n) is 2.87. The summed E-state index contributed by atoms with van der Waals surface area (Å²) in [4.78, 5) is 11.3. The molecule has 0 saturated heterocycles. The van der Waals surface area contributed by atoms with Crippen molar-refractivity contribution in [3.63, 3.8) is 0 Å². The molecule has 0 aliphatic rings. The van der Waals surface area contributed by atoms with Gasteiger partial charge in [-0.3, -0.25) is 0 Å². The lowest BCUT2D eigenvalue weighted by molar-refractivity contribution is -0.140. The fourth-order valence-corrected chi connectivity index (χ4v) is 1.82. The molecule has 100 valence electrons. The Hall–Kier alpha value is -2.80. The topological polar surface area (TPSA) is 62.1 Å². The number of anilines is 1. The minimum absolute atomic E-state index is 0.598. The van der Waals surface area contributed by atoms with Crippen molar-refractivity contribution in [2.24, 2.45) is 0 Å². The maximum absolute atomic E-state index is 11.3. The van der Waals surface area contributed by atoms with Gasteiger partial charge in [0, 0.05) is 5.69 Å². The molecule has 1 unspecified atom stereocenters. The quantitative estimate of drug-likeness (QED) is 0.864. The number of nitriles is 1. The number of rotatable bonds is 4. The zero-order chi connectivity index (χ0) is 14.4. The van der Waals surface area contributed by atoms with Gasteiger partial charge < -0.3 is 10.1 Å². The van der Waals surface area contributed by atoms with Gasteiger partial charge in [-0.05, 0) is 23.3 Å². The molecule has 2 aromatic carbocycles. The first-order chi connectivity index (χ1) is 9.74. The Labute approximate surface area is 117 Å². The predicted octanol–water partition coefficient (Wildman–Crippen LogP) is 2.83. The number of methoxy groups -OCH3 is 1. The third kappa shape index (κ3) is 3.15. The molecule has 0 aromatic heterocycles. The van der Waals surface area contributed by atoms with E-state index in [1.807, 2.05) is 60.7 Å². The predicted molar refractivity (Wildman–Crippen MR) is 76.9 cm³/mol. The molecule has 0 aliphatic heterocycles.